The minimum Gasteiger partial charge on any atom is -0.506 e. The van der Waals surface area contributed by atoms with Gasteiger partial charge < -0.3 is 19.8 Å². The van der Waals surface area contributed by atoms with E-state index in [0.717, 1.165) is 34.8 Å². The van der Waals surface area contributed by atoms with Crippen LogP contribution in [-0.4, -0.2) is 58.6 Å². The molecule has 14 heteroatoms. The lowest BCUT2D eigenvalue weighted by molar-refractivity contribution is -0.274. The molecule has 0 saturated carbocycles. The van der Waals surface area contributed by atoms with Gasteiger partial charge in [-0.15, -0.1) is 35.8 Å². The molecular weight excluding hydrogens is 535 g/mol. The number of hydrazone groups is 1. The Morgan fingerprint density at radius 2 is 1.76 bits per heavy atom. The first-order chi connectivity index (χ1) is 17.4. The molecule has 196 valence electrons. The summed E-state index contributed by atoms with van der Waals surface area (Å²) in [5.74, 6) is -2.58. The van der Waals surface area contributed by atoms with Gasteiger partial charge in [-0.2, -0.15) is 5.10 Å². The lowest BCUT2D eigenvalue weighted by Gasteiger charge is -2.14. The monoisotopic (exact) mass is 555 g/mol. The summed E-state index contributed by atoms with van der Waals surface area (Å²) in [5.41, 5.74) is 3.40. The van der Waals surface area contributed by atoms with E-state index in [4.69, 9.17) is 5.11 Å². The highest BCUT2D eigenvalue weighted by Gasteiger charge is 2.31. The van der Waals surface area contributed by atoms with Crippen LogP contribution in [0, 0.1) is 0 Å². The first-order valence-electron chi connectivity index (χ1n) is 10.4. The summed E-state index contributed by atoms with van der Waals surface area (Å²) < 4.78 is 40.9. The average Bonchev–Trinajstić information content (AvgIpc) is 3.47. The van der Waals surface area contributed by atoms with Gasteiger partial charge in [-0.1, -0.05) is 0 Å². The van der Waals surface area contributed by atoms with Gasteiger partial charge in [0.1, 0.15) is 11.5 Å². The number of ether oxygens (including phenoxy) is 1. The van der Waals surface area contributed by atoms with E-state index >= 15 is 0 Å². The number of halogens is 3. The smallest absolute Gasteiger partial charge is 0.506 e. The van der Waals surface area contributed by atoms with E-state index in [1.54, 1.807) is 12.3 Å². The molecule has 9 nitrogen and oxygen atoms in total. The number of aliphatic carboxylic acids is 1. The van der Waals surface area contributed by atoms with Crippen LogP contribution in [-0.2, 0) is 4.79 Å². The highest BCUT2D eigenvalue weighted by atomic mass is 32.1. The molecule has 0 fully saturated rings. The zero-order valence-corrected chi connectivity index (χ0v) is 21.0. The van der Waals surface area contributed by atoms with E-state index in [1.807, 2.05) is 0 Å². The van der Waals surface area contributed by atoms with Crippen LogP contribution in [0.5, 0.6) is 11.5 Å². The SMILES string of the molecule is C/C(=N\NC(=O)c1ccc(C(=O)N(C)CCC(=O)O)s1)c1csc(-c2ccc(OC(F)(F)F)cc2)c1O. The molecule has 2 aromatic heterocycles. The van der Waals surface area contributed by atoms with Gasteiger partial charge >= 0.3 is 12.3 Å². The van der Waals surface area contributed by atoms with E-state index in [0.29, 0.717) is 16.0 Å². The predicted molar refractivity (Wildman–Crippen MR) is 131 cm³/mol. The molecule has 0 aliphatic carbocycles. The number of carboxylic acid groups (broad SMARTS) is 1. The minimum absolute atomic E-state index is 0.0225. The van der Waals surface area contributed by atoms with Crippen molar-refractivity contribution in [1.82, 2.24) is 10.3 Å². The summed E-state index contributed by atoms with van der Waals surface area (Å²) in [6, 6.07) is 7.91. The minimum atomic E-state index is -4.81. The summed E-state index contributed by atoms with van der Waals surface area (Å²) in [4.78, 5) is 37.6. The van der Waals surface area contributed by atoms with Gasteiger partial charge in [-0.05, 0) is 48.9 Å². The van der Waals surface area contributed by atoms with Gasteiger partial charge in [0.05, 0.1) is 32.3 Å². The molecule has 0 saturated heterocycles. The van der Waals surface area contributed by atoms with E-state index in [2.05, 4.69) is 15.3 Å². The highest BCUT2D eigenvalue weighted by molar-refractivity contribution is 7.16. The quantitative estimate of drug-likeness (QED) is 0.258. The molecule has 1 aromatic carbocycles. The van der Waals surface area contributed by atoms with Crippen LogP contribution in [0.4, 0.5) is 13.2 Å². The predicted octanol–water partition coefficient (Wildman–Crippen LogP) is 4.78. The second-order valence-corrected chi connectivity index (χ2v) is 9.54. The molecule has 0 spiro atoms. The van der Waals surface area contributed by atoms with Gasteiger partial charge in [0.15, 0.2) is 0 Å². The Labute approximate surface area is 216 Å². The van der Waals surface area contributed by atoms with Crippen molar-refractivity contribution < 1.29 is 42.5 Å². The van der Waals surface area contributed by atoms with Gasteiger partial charge in [0.2, 0.25) is 0 Å². The summed E-state index contributed by atoms with van der Waals surface area (Å²) in [5, 5.41) is 24.9. The Bertz CT molecular complexity index is 1330. The Morgan fingerprint density at radius 1 is 1.11 bits per heavy atom. The zero-order valence-electron chi connectivity index (χ0n) is 19.3. The number of aromatic hydroxyl groups is 1. The molecule has 37 heavy (non-hydrogen) atoms. The van der Waals surface area contributed by atoms with E-state index < -0.39 is 29.9 Å². The number of hydrogen-bond donors (Lipinski definition) is 3. The molecule has 2 amide bonds. The van der Waals surface area contributed by atoms with Gasteiger partial charge in [-0.25, -0.2) is 5.43 Å². The normalized spacial score (nSPS) is 11.8. The first-order valence-corrected chi connectivity index (χ1v) is 12.1. The van der Waals surface area contributed by atoms with Crippen LogP contribution in [0.1, 0.15) is 38.3 Å². The van der Waals surface area contributed by atoms with Crippen LogP contribution in [0.15, 0.2) is 46.9 Å². The van der Waals surface area contributed by atoms with E-state index in [1.165, 1.54) is 36.2 Å². The highest BCUT2D eigenvalue weighted by Crippen LogP contribution is 2.39. The van der Waals surface area contributed by atoms with Crippen molar-refractivity contribution >= 4 is 46.2 Å². The summed E-state index contributed by atoms with van der Waals surface area (Å²) in [6.45, 7) is 1.57. The molecule has 2 heterocycles. The van der Waals surface area contributed by atoms with Gasteiger partial charge in [0.25, 0.3) is 11.8 Å². The van der Waals surface area contributed by atoms with Crippen LogP contribution >= 0.6 is 22.7 Å². The fourth-order valence-electron chi connectivity index (χ4n) is 3.00. The maximum absolute atomic E-state index is 12.5. The Kier molecular flexibility index (Phi) is 8.55. The van der Waals surface area contributed by atoms with Crippen molar-refractivity contribution in [3.05, 3.63) is 57.1 Å². The number of carbonyl (C=O) groups excluding carboxylic acids is 2. The average molecular weight is 556 g/mol. The molecule has 0 aliphatic heterocycles. The van der Waals surface area contributed by atoms with Crippen LogP contribution in [0.3, 0.4) is 0 Å². The van der Waals surface area contributed by atoms with E-state index in [-0.39, 0.29) is 34.2 Å². The number of benzene rings is 1. The third-order valence-electron chi connectivity index (χ3n) is 4.88. The first kappa shape index (κ1) is 27.7. The van der Waals surface area contributed by atoms with Crippen molar-refractivity contribution in [2.45, 2.75) is 19.7 Å². The fraction of sp³-hybridized carbons (Fsp3) is 0.217. The number of rotatable bonds is 9. The third kappa shape index (κ3) is 7.30. The molecule has 3 rings (SSSR count). The van der Waals surface area contributed by atoms with E-state index in [9.17, 15) is 32.7 Å². The van der Waals surface area contributed by atoms with Crippen LogP contribution < -0.4 is 10.2 Å². The Morgan fingerprint density at radius 3 is 2.38 bits per heavy atom. The zero-order chi connectivity index (χ0) is 27.3. The van der Waals surface area contributed by atoms with Crippen molar-refractivity contribution in [3.8, 4) is 21.9 Å². The van der Waals surface area contributed by atoms with Crippen molar-refractivity contribution in [3.63, 3.8) is 0 Å². The lowest BCUT2D eigenvalue weighted by atomic mass is 10.1. The second kappa shape index (κ2) is 11.4. The largest absolute Gasteiger partial charge is 0.573 e. The molecule has 0 atom stereocenters. The van der Waals surface area contributed by atoms with Crippen LogP contribution in [0.2, 0.25) is 0 Å². The molecular formula is C23H20F3N3O6S2. The summed E-state index contributed by atoms with van der Waals surface area (Å²) >= 11 is 2.06. The maximum Gasteiger partial charge on any atom is 0.573 e. The third-order valence-corrected chi connectivity index (χ3v) is 6.97. The molecule has 0 radical (unpaired) electrons. The Balaban J connectivity index is 1.66. The lowest BCUT2D eigenvalue weighted by Crippen LogP contribution is -2.28. The van der Waals surface area contributed by atoms with Crippen molar-refractivity contribution in [2.75, 3.05) is 13.6 Å². The maximum atomic E-state index is 12.5. The second-order valence-electron chi connectivity index (χ2n) is 7.57. The number of amides is 2. The van der Waals surface area contributed by atoms with Crippen molar-refractivity contribution in [1.29, 1.82) is 0 Å². The van der Waals surface area contributed by atoms with Gasteiger partial charge in [0, 0.05) is 19.0 Å². The number of hydrogen-bond acceptors (Lipinski definition) is 8. The number of alkyl halides is 3. The van der Waals surface area contributed by atoms with Gasteiger partial charge in [-0.3, -0.25) is 14.4 Å². The number of carboxylic acids is 1. The number of carbonyl (C=O) groups is 3. The fourth-order valence-corrected chi connectivity index (χ4v) is 4.90. The number of thiophene rings is 2. The molecule has 0 bridgehead atoms. The molecule has 0 unspecified atom stereocenters. The number of nitrogens with one attached hydrogen (secondary N) is 1. The topological polar surface area (TPSA) is 129 Å². The summed E-state index contributed by atoms with van der Waals surface area (Å²) in [7, 11) is 1.46. The van der Waals surface area contributed by atoms with Crippen LogP contribution in [0.25, 0.3) is 10.4 Å². The number of nitrogens with zero attached hydrogens (tertiary/aromatic N) is 2. The van der Waals surface area contributed by atoms with Crippen molar-refractivity contribution in [2.24, 2.45) is 5.10 Å². The molecule has 3 N–H and O–H groups in total. The molecule has 0 aliphatic rings. The summed E-state index contributed by atoms with van der Waals surface area (Å²) in [6.07, 6.45) is -5.01. The Hall–Kier alpha value is -3.91. The standard InChI is InChI=1S/C23H20F3N3O6S2/c1-12(15-11-36-20(19(15)32)13-3-5-14(6-4-13)35-23(24,25)26)27-28-21(33)16-7-8-17(37-16)22(34)29(2)10-9-18(30)31/h3-8,11,32H,9-10H2,1-2H3,(H,28,33)(H,30,31)/b27-12+. The molecule has 3 aromatic rings.